The summed E-state index contributed by atoms with van der Waals surface area (Å²) >= 11 is 0. The first-order chi connectivity index (χ1) is 26.5. The molecule has 10 nitrogen and oxygen atoms in total. The number of unbranched alkanes of at least 4 members (excludes halogenated alkanes) is 7. The Morgan fingerprint density at radius 3 is 1.04 bits per heavy atom. The van der Waals surface area contributed by atoms with Crippen molar-refractivity contribution in [3.05, 3.63) is 144 Å². The second-order valence-electron chi connectivity index (χ2n) is 13.3. The molecule has 0 spiro atoms. The number of alkyl carbamates (subject to hydrolysis) is 2. The van der Waals surface area contributed by atoms with E-state index in [-0.39, 0.29) is 25.0 Å². The minimum Gasteiger partial charge on any atom is -0.445 e. The standard InChI is InChI=1S/C44H54N4O6/c49-41(39(31-35-21-11-7-12-22-35)47-43(51)53-33-37-25-15-9-16-26-37)45-29-19-5-3-1-2-4-6-20-30-46-42(50)40(32-36-23-13-8-14-24-36)48-44(52)54-34-38-27-17-10-18-28-38/h7-18,21-28,39-40H,1-6,19-20,29-34H2,(H,45,49)(H,46,50)(H,47,51)(H,48,52)/t39-,40+. The van der Waals surface area contributed by atoms with Crippen molar-refractivity contribution in [1.82, 2.24) is 21.3 Å². The van der Waals surface area contributed by atoms with Gasteiger partial charge in [0.15, 0.2) is 0 Å². The third kappa shape index (κ3) is 16.8. The van der Waals surface area contributed by atoms with Gasteiger partial charge in [0, 0.05) is 25.9 Å². The van der Waals surface area contributed by atoms with Crippen molar-refractivity contribution in [2.24, 2.45) is 0 Å². The molecule has 2 atom stereocenters. The zero-order valence-electron chi connectivity index (χ0n) is 31.1. The van der Waals surface area contributed by atoms with Crippen molar-refractivity contribution in [3.8, 4) is 0 Å². The first kappa shape index (κ1) is 41.1. The SMILES string of the molecule is O=C(N[C@@H](Cc1ccccc1)C(=O)NCCCCCCCCCCNC(=O)[C@@H](Cc1ccccc1)NC(=O)OCc1ccccc1)OCc1ccccc1. The monoisotopic (exact) mass is 734 g/mol. The number of amides is 4. The summed E-state index contributed by atoms with van der Waals surface area (Å²) in [6, 6.07) is 36.6. The predicted molar refractivity (Wildman–Crippen MR) is 210 cm³/mol. The molecule has 0 bridgehead atoms. The third-order valence-corrected chi connectivity index (χ3v) is 8.91. The lowest BCUT2D eigenvalue weighted by molar-refractivity contribution is -0.123. The molecule has 0 fully saturated rings. The molecular weight excluding hydrogens is 681 g/mol. The van der Waals surface area contributed by atoms with Crippen LogP contribution in [0, 0.1) is 0 Å². The number of carbonyl (C=O) groups is 4. The van der Waals surface area contributed by atoms with E-state index in [1.54, 1.807) is 0 Å². The van der Waals surface area contributed by atoms with Crippen LogP contribution in [0.4, 0.5) is 9.59 Å². The van der Waals surface area contributed by atoms with Crippen LogP contribution in [0.3, 0.4) is 0 Å². The van der Waals surface area contributed by atoms with Crippen molar-refractivity contribution in [2.45, 2.75) is 89.5 Å². The van der Waals surface area contributed by atoms with Crippen LogP contribution >= 0.6 is 0 Å². The number of hydrogen-bond donors (Lipinski definition) is 4. The van der Waals surface area contributed by atoms with E-state index in [1.807, 2.05) is 121 Å². The lowest BCUT2D eigenvalue weighted by Gasteiger charge is -2.19. The highest BCUT2D eigenvalue weighted by Crippen LogP contribution is 2.10. The van der Waals surface area contributed by atoms with Crippen molar-refractivity contribution in [3.63, 3.8) is 0 Å². The molecule has 0 unspecified atom stereocenters. The van der Waals surface area contributed by atoms with E-state index < -0.39 is 24.3 Å². The van der Waals surface area contributed by atoms with Crippen LogP contribution in [-0.4, -0.2) is 49.2 Å². The maximum Gasteiger partial charge on any atom is 0.408 e. The summed E-state index contributed by atoms with van der Waals surface area (Å²) in [5.41, 5.74) is 3.64. The molecule has 0 aliphatic rings. The average molecular weight is 735 g/mol. The Morgan fingerprint density at radius 2 is 0.704 bits per heavy atom. The molecule has 0 saturated carbocycles. The van der Waals surface area contributed by atoms with Gasteiger partial charge in [0.05, 0.1) is 0 Å². The van der Waals surface area contributed by atoms with E-state index in [0.29, 0.717) is 25.9 Å². The van der Waals surface area contributed by atoms with Crippen molar-refractivity contribution < 1.29 is 28.7 Å². The van der Waals surface area contributed by atoms with Gasteiger partial charge in [0.2, 0.25) is 11.8 Å². The van der Waals surface area contributed by atoms with Gasteiger partial charge in [0.25, 0.3) is 0 Å². The summed E-state index contributed by atoms with van der Waals surface area (Å²) in [4.78, 5) is 51.2. The molecule has 4 amide bonds. The van der Waals surface area contributed by atoms with Crippen LogP contribution in [0.1, 0.15) is 73.6 Å². The quantitative estimate of drug-likeness (QED) is 0.0587. The highest BCUT2D eigenvalue weighted by molar-refractivity contribution is 5.86. The Hall–Kier alpha value is -5.64. The smallest absolute Gasteiger partial charge is 0.408 e. The normalized spacial score (nSPS) is 11.8. The van der Waals surface area contributed by atoms with Gasteiger partial charge in [-0.05, 0) is 35.1 Å². The van der Waals surface area contributed by atoms with E-state index in [9.17, 15) is 19.2 Å². The van der Waals surface area contributed by atoms with Crippen molar-refractivity contribution >= 4 is 24.0 Å². The molecular formula is C44H54N4O6. The predicted octanol–water partition coefficient (Wildman–Crippen LogP) is 7.42. The third-order valence-electron chi connectivity index (χ3n) is 8.91. The molecule has 54 heavy (non-hydrogen) atoms. The molecule has 4 aromatic rings. The lowest BCUT2D eigenvalue weighted by atomic mass is 10.0. The summed E-state index contributed by atoms with van der Waals surface area (Å²) in [6.07, 6.45) is 7.51. The summed E-state index contributed by atoms with van der Waals surface area (Å²) < 4.78 is 10.7. The molecule has 4 N–H and O–H groups in total. The fourth-order valence-electron chi connectivity index (χ4n) is 5.91. The number of hydrogen-bond acceptors (Lipinski definition) is 6. The summed E-state index contributed by atoms with van der Waals surface area (Å²) in [5, 5.41) is 11.5. The van der Waals surface area contributed by atoms with Gasteiger partial charge in [-0.25, -0.2) is 9.59 Å². The lowest BCUT2D eigenvalue weighted by Crippen LogP contribution is -2.48. The average Bonchev–Trinajstić information content (AvgIpc) is 3.20. The fourth-order valence-corrected chi connectivity index (χ4v) is 5.91. The molecule has 0 heterocycles. The van der Waals surface area contributed by atoms with Crippen LogP contribution < -0.4 is 21.3 Å². The Labute approximate surface area is 319 Å². The van der Waals surface area contributed by atoms with E-state index in [0.717, 1.165) is 73.6 Å². The van der Waals surface area contributed by atoms with Gasteiger partial charge in [0.1, 0.15) is 25.3 Å². The number of rotatable bonds is 23. The zero-order valence-corrected chi connectivity index (χ0v) is 31.1. The van der Waals surface area contributed by atoms with Gasteiger partial charge < -0.3 is 30.7 Å². The van der Waals surface area contributed by atoms with Crippen molar-refractivity contribution in [2.75, 3.05) is 13.1 Å². The largest absolute Gasteiger partial charge is 0.445 e. The van der Waals surface area contributed by atoms with Gasteiger partial charge in [-0.3, -0.25) is 9.59 Å². The summed E-state index contributed by atoms with van der Waals surface area (Å²) in [6.45, 7) is 1.34. The van der Waals surface area contributed by atoms with Gasteiger partial charge in [-0.15, -0.1) is 0 Å². The number of nitrogens with one attached hydrogen (secondary N) is 4. The second kappa shape index (κ2) is 24.6. The van der Waals surface area contributed by atoms with Gasteiger partial charge >= 0.3 is 12.2 Å². The molecule has 0 aliphatic heterocycles. The zero-order chi connectivity index (χ0) is 38.1. The highest BCUT2D eigenvalue weighted by Gasteiger charge is 2.23. The fraction of sp³-hybridized carbons (Fsp3) is 0.364. The topological polar surface area (TPSA) is 135 Å². The van der Waals surface area contributed by atoms with E-state index in [1.165, 1.54) is 0 Å². The highest BCUT2D eigenvalue weighted by atomic mass is 16.6. The molecule has 286 valence electrons. The molecule has 4 rings (SSSR count). The van der Waals surface area contributed by atoms with E-state index in [2.05, 4.69) is 21.3 Å². The van der Waals surface area contributed by atoms with E-state index >= 15 is 0 Å². The van der Waals surface area contributed by atoms with Crippen LogP contribution in [0.5, 0.6) is 0 Å². The maximum absolute atomic E-state index is 13.1. The molecule has 0 saturated heterocycles. The molecule has 0 radical (unpaired) electrons. The van der Waals surface area contributed by atoms with Crippen LogP contribution in [-0.2, 0) is 45.1 Å². The van der Waals surface area contributed by atoms with Crippen LogP contribution in [0.25, 0.3) is 0 Å². The second-order valence-corrected chi connectivity index (χ2v) is 13.3. The number of ether oxygens (including phenoxy) is 2. The van der Waals surface area contributed by atoms with Crippen molar-refractivity contribution in [1.29, 1.82) is 0 Å². The maximum atomic E-state index is 13.1. The summed E-state index contributed by atoms with van der Waals surface area (Å²) in [5.74, 6) is -0.458. The molecule has 0 aliphatic carbocycles. The first-order valence-corrected chi connectivity index (χ1v) is 19.0. The molecule has 0 aromatic heterocycles. The Bertz CT molecular complexity index is 1530. The Morgan fingerprint density at radius 1 is 0.407 bits per heavy atom. The summed E-state index contributed by atoms with van der Waals surface area (Å²) in [7, 11) is 0. The van der Waals surface area contributed by atoms with Crippen LogP contribution in [0.2, 0.25) is 0 Å². The van der Waals surface area contributed by atoms with Crippen LogP contribution in [0.15, 0.2) is 121 Å². The minimum atomic E-state index is -0.743. The Kier molecular flexibility index (Phi) is 18.7. The van der Waals surface area contributed by atoms with Gasteiger partial charge in [-0.1, -0.05) is 160 Å². The molecule has 4 aromatic carbocycles. The van der Waals surface area contributed by atoms with E-state index in [4.69, 9.17) is 9.47 Å². The Balaban J connectivity index is 1.06. The first-order valence-electron chi connectivity index (χ1n) is 19.0. The minimum absolute atomic E-state index is 0.131. The number of benzene rings is 4. The number of carbonyl (C=O) groups excluding carboxylic acids is 4. The van der Waals surface area contributed by atoms with Gasteiger partial charge in [-0.2, -0.15) is 0 Å². The molecule has 10 heteroatoms.